The summed E-state index contributed by atoms with van der Waals surface area (Å²) in [5.74, 6) is -1.13. The Morgan fingerprint density at radius 2 is 1.82 bits per heavy atom. The summed E-state index contributed by atoms with van der Waals surface area (Å²) in [4.78, 5) is 31.3. The van der Waals surface area contributed by atoms with Crippen molar-refractivity contribution in [2.75, 3.05) is 14.2 Å². The Balaban J connectivity index is 0.00000441. The van der Waals surface area contributed by atoms with Crippen molar-refractivity contribution in [2.45, 2.75) is 69.7 Å². The summed E-state index contributed by atoms with van der Waals surface area (Å²) < 4.78 is 20.9. The minimum atomic E-state index is -1.24. The number of carbonyl (C=O) groups excluding carboxylic acids is 2. The fourth-order valence-electron chi connectivity index (χ4n) is 4.89. The number of rotatable bonds is 13. The quantitative estimate of drug-likeness (QED) is 0.309. The number of aliphatic hydroxyl groups excluding tert-OH is 1. The second-order valence-electron chi connectivity index (χ2n) is 10.2. The summed E-state index contributed by atoms with van der Waals surface area (Å²) in [6.07, 6.45) is 0.451. The van der Waals surface area contributed by atoms with Gasteiger partial charge < -0.3 is 29.2 Å². The van der Waals surface area contributed by atoms with E-state index < -0.39 is 18.2 Å². The molecule has 1 heterocycles. The largest absolute Gasteiger partial charge is 1.00 e. The Hall–Kier alpha value is -2.56. The minimum Gasteiger partial charge on any atom is -0.550 e. The monoisotopic (exact) mass is 559 g/mol. The predicted molar refractivity (Wildman–Crippen MR) is 142 cm³/mol. The van der Waals surface area contributed by atoms with Crippen LogP contribution in [0.25, 0.3) is 11.4 Å². The van der Waals surface area contributed by atoms with Gasteiger partial charge in [-0.2, -0.15) is 0 Å². The molecular weight excluding hydrogens is 524 g/mol. The van der Waals surface area contributed by atoms with Crippen LogP contribution in [-0.4, -0.2) is 57.8 Å². The molecule has 208 valence electrons. The van der Waals surface area contributed by atoms with Crippen LogP contribution in [0.4, 0.5) is 4.39 Å². The number of hydrogen-bond donors (Lipinski definition) is 1. The number of ether oxygens (including phenoxy) is 1. The van der Waals surface area contributed by atoms with Gasteiger partial charge in [0.15, 0.2) is 5.69 Å². The van der Waals surface area contributed by atoms with E-state index in [-0.39, 0.29) is 66.1 Å². The first-order valence-electron chi connectivity index (χ1n) is 13.3. The third kappa shape index (κ3) is 7.79. The maximum Gasteiger partial charge on any atom is 1.00 e. The molecule has 4 rings (SSSR count). The number of aliphatic hydroxyl groups is 1. The van der Waals surface area contributed by atoms with Gasteiger partial charge in [0.25, 0.3) is 5.91 Å². The molecule has 1 aliphatic carbocycles. The molecule has 0 saturated heterocycles. The zero-order valence-electron chi connectivity index (χ0n) is 23.5. The second-order valence-corrected chi connectivity index (χ2v) is 10.2. The van der Waals surface area contributed by atoms with E-state index in [4.69, 9.17) is 9.72 Å². The summed E-state index contributed by atoms with van der Waals surface area (Å²) >= 11 is 0. The first kappa shape index (κ1) is 32.0. The van der Waals surface area contributed by atoms with Gasteiger partial charge in [-0.3, -0.25) is 4.79 Å². The molecule has 40 heavy (non-hydrogen) atoms. The molecule has 1 saturated carbocycles. The molecule has 1 aromatic heterocycles. The Labute approximate surface area is 256 Å². The molecule has 8 nitrogen and oxygen atoms in total. The van der Waals surface area contributed by atoms with Gasteiger partial charge in [0, 0.05) is 44.6 Å². The molecule has 1 amide bonds. The molecule has 3 aromatic rings. The van der Waals surface area contributed by atoms with Crippen molar-refractivity contribution in [3.63, 3.8) is 0 Å². The van der Waals surface area contributed by atoms with E-state index in [1.165, 1.54) is 19.2 Å². The molecule has 1 aliphatic rings. The topological polar surface area (TPSA) is 108 Å². The number of methoxy groups -OCH3 is 1. The average Bonchev–Trinajstić information content (AvgIpc) is 3.70. The van der Waals surface area contributed by atoms with Gasteiger partial charge in [0.1, 0.15) is 11.6 Å². The Kier molecular flexibility index (Phi) is 11.5. The first-order valence-corrected chi connectivity index (χ1v) is 13.3. The molecule has 0 radical (unpaired) electrons. The SMILES string of the molecule is COC(CC(=O)[O-])CC(O)CCn1c(-c2ccc(F)cc2)nc(C(=O)N(C)C(C)c2ccccc2)c1C1CC1.[Na+]. The Morgan fingerprint density at radius 3 is 2.40 bits per heavy atom. The predicted octanol–water partition coefficient (Wildman–Crippen LogP) is 0.700. The second kappa shape index (κ2) is 14.4. The molecule has 0 spiro atoms. The van der Waals surface area contributed by atoms with Crippen LogP contribution in [0.5, 0.6) is 0 Å². The van der Waals surface area contributed by atoms with Crippen molar-refractivity contribution in [3.05, 3.63) is 77.4 Å². The van der Waals surface area contributed by atoms with Crippen LogP contribution in [0.3, 0.4) is 0 Å². The average molecular weight is 560 g/mol. The summed E-state index contributed by atoms with van der Waals surface area (Å²) in [6, 6.07) is 15.6. The van der Waals surface area contributed by atoms with Crippen molar-refractivity contribution >= 4 is 11.9 Å². The van der Waals surface area contributed by atoms with Gasteiger partial charge in [-0.15, -0.1) is 0 Å². The minimum absolute atomic E-state index is 0. The van der Waals surface area contributed by atoms with Crippen LogP contribution in [0.2, 0.25) is 0 Å². The molecule has 0 bridgehead atoms. The number of hydrogen-bond acceptors (Lipinski definition) is 6. The third-order valence-electron chi connectivity index (χ3n) is 7.41. The zero-order chi connectivity index (χ0) is 28.1. The van der Waals surface area contributed by atoms with Gasteiger partial charge >= 0.3 is 29.6 Å². The van der Waals surface area contributed by atoms with Crippen LogP contribution >= 0.6 is 0 Å². The van der Waals surface area contributed by atoms with E-state index in [0.29, 0.717) is 30.0 Å². The van der Waals surface area contributed by atoms with Crippen LogP contribution in [0.15, 0.2) is 54.6 Å². The fourth-order valence-corrected chi connectivity index (χ4v) is 4.89. The maximum atomic E-state index is 13.9. The normalized spacial score (nSPS) is 15.1. The fraction of sp³-hybridized carbons (Fsp3) is 0.433. The summed E-state index contributed by atoms with van der Waals surface area (Å²) in [5.41, 5.74) is 2.85. The van der Waals surface area contributed by atoms with E-state index >= 15 is 0 Å². The molecule has 1 fully saturated rings. The van der Waals surface area contributed by atoms with Gasteiger partial charge in [0.2, 0.25) is 0 Å². The number of carboxylic acids is 1. The molecule has 0 aliphatic heterocycles. The molecule has 1 N–H and O–H groups in total. The van der Waals surface area contributed by atoms with Crippen molar-refractivity contribution in [3.8, 4) is 11.4 Å². The van der Waals surface area contributed by atoms with Crippen molar-refractivity contribution < 1.29 is 58.5 Å². The Morgan fingerprint density at radius 1 is 1.18 bits per heavy atom. The zero-order valence-corrected chi connectivity index (χ0v) is 25.5. The van der Waals surface area contributed by atoms with E-state index in [1.807, 2.05) is 41.8 Å². The summed E-state index contributed by atoms with van der Waals surface area (Å²) in [5, 5.41) is 21.7. The van der Waals surface area contributed by atoms with Crippen LogP contribution in [-0.2, 0) is 16.1 Å². The van der Waals surface area contributed by atoms with E-state index in [9.17, 15) is 24.2 Å². The molecule has 2 aromatic carbocycles. The molecule has 3 atom stereocenters. The van der Waals surface area contributed by atoms with Gasteiger partial charge in [-0.25, -0.2) is 9.37 Å². The molecule has 10 heteroatoms. The summed E-state index contributed by atoms with van der Waals surface area (Å²) in [6.45, 7) is 2.32. The van der Waals surface area contributed by atoms with Crippen molar-refractivity contribution in [1.29, 1.82) is 0 Å². The standard InChI is InChI=1S/C30H36FN3O5.Na/c1-19(20-7-5-4-6-8-20)33(2)30(38)27-28(21-9-10-21)34(29(32-27)22-11-13-23(31)14-12-22)16-15-24(35)17-25(39-3)18-26(36)37;/h4-8,11-14,19,21,24-25,35H,9-10,15-18H2,1-3H3,(H,36,37);/q;+1/p-1. The number of imidazole rings is 1. The van der Waals surface area contributed by atoms with E-state index in [2.05, 4.69) is 0 Å². The van der Waals surface area contributed by atoms with E-state index in [0.717, 1.165) is 24.1 Å². The number of benzene rings is 2. The number of aliphatic carboxylic acids is 1. The molecular formula is C30H35FN3NaO5. The number of carboxylic acid groups (broad SMARTS) is 1. The third-order valence-corrected chi connectivity index (χ3v) is 7.41. The van der Waals surface area contributed by atoms with Gasteiger partial charge in [-0.05, 0) is 62.4 Å². The van der Waals surface area contributed by atoms with Gasteiger partial charge in [-0.1, -0.05) is 30.3 Å². The maximum absolute atomic E-state index is 13.9. The van der Waals surface area contributed by atoms with Crippen molar-refractivity contribution in [1.82, 2.24) is 14.5 Å². The van der Waals surface area contributed by atoms with Crippen LogP contribution < -0.4 is 34.7 Å². The summed E-state index contributed by atoms with van der Waals surface area (Å²) in [7, 11) is 3.16. The number of aromatic nitrogens is 2. The number of halogens is 1. The number of amides is 1. The smallest absolute Gasteiger partial charge is 0.550 e. The number of carbonyl (C=O) groups is 2. The van der Waals surface area contributed by atoms with Crippen LogP contribution in [0.1, 0.15) is 72.7 Å². The molecule has 3 unspecified atom stereocenters. The van der Waals surface area contributed by atoms with Crippen LogP contribution in [0, 0.1) is 5.82 Å². The van der Waals surface area contributed by atoms with E-state index in [1.54, 1.807) is 24.1 Å². The van der Waals surface area contributed by atoms with Gasteiger partial charge in [0.05, 0.1) is 23.9 Å². The first-order chi connectivity index (χ1) is 18.7. The Bertz CT molecular complexity index is 1280. The number of nitrogens with zero attached hydrogens (tertiary/aromatic N) is 3. The van der Waals surface area contributed by atoms with Crippen molar-refractivity contribution in [2.24, 2.45) is 0 Å².